The summed E-state index contributed by atoms with van der Waals surface area (Å²) in [6.07, 6.45) is 0.453. The van der Waals surface area contributed by atoms with Crippen molar-refractivity contribution in [3.8, 4) is 0 Å². The highest BCUT2D eigenvalue weighted by atomic mass is 32.2. The maximum Gasteiger partial charge on any atom is 0.304 e. The number of nitrogens with zero attached hydrogens (tertiary/aromatic N) is 2. The SMILES string of the molecule is CC(C)N(CCC(=O)O)CC(=O)N(C)C1CCS(=O)(=O)C1. The largest absolute Gasteiger partial charge is 0.481 e. The number of carbonyl (C=O) groups excluding carboxylic acids is 1. The van der Waals surface area contributed by atoms with E-state index in [0.29, 0.717) is 13.0 Å². The van der Waals surface area contributed by atoms with Crippen LogP contribution in [0.4, 0.5) is 0 Å². The van der Waals surface area contributed by atoms with E-state index in [1.165, 1.54) is 4.90 Å². The van der Waals surface area contributed by atoms with Gasteiger partial charge < -0.3 is 10.0 Å². The number of carboxylic acids is 1. The van der Waals surface area contributed by atoms with E-state index in [2.05, 4.69) is 0 Å². The van der Waals surface area contributed by atoms with Crippen molar-refractivity contribution in [3.63, 3.8) is 0 Å². The normalized spacial score (nSPS) is 20.9. The summed E-state index contributed by atoms with van der Waals surface area (Å²) >= 11 is 0. The number of likely N-dealkylation sites (N-methyl/N-ethyl adjacent to an activating group) is 1. The molecule has 0 aliphatic carbocycles. The molecule has 122 valence electrons. The van der Waals surface area contributed by atoms with E-state index < -0.39 is 15.8 Å². The van der Waals surface area contributed by atoms with Gasteiger partial charge in [0.25, 0.3) is 0 Å². The Bertz CT molecular complexity index is 489. The van der Waals surface area contributed by atoms with E-state index in [4.69, 9.17) is 5.11 Å². The minimum Gasteiger partial charge on any atom is -0.481 e. The average molecular weight is 320 g/mol. The fraction of sp³-hybridized carbons (Fsp3) is 0.846. The Labute approximate surface area is 125 Å². The molecule has 1 unspecified atom stereocenters. The number of hydrogen-bond acceptors (Lipinski definition) is 5. The monoisotopic (exact) mass is 320 g/mol. The lowest BCUT2D eigenvalue weighted by atomic mass is 10.2. The first-order chi connectivity index (χ1) is 9.62. The molecular formula is C13H24N2O5S. The van der Waals surface area contributed by atoms with Crippen LogP contribution >= 0.6 is 0 Å². The fourth-order valence-electron chi connectivity index (χ4n) is 2.33. The molecule has 1 amide bonds. The highest BCUT2D eigenvalue weighted by Gasteiger charge is 2.33. The van der Waals surface area contributed by atoms with Crippen molar-refractivity contribution in [2.24, 2.45) is 0 Å². The van der Waals surface area contributed by atoms with Gasteiger partial charge in [-0.25, -0.2) is 8.42 Å². The summed E-state index contributed by atoms with van der Waals surface area (Å²) in [5, 5.41) is 8.73. The first kappa shape index (κ1) is 17.9. The second kappa shape index (κ2) is 7.22. The average Bonchev–Trinajstić information content (AvgIpc) is 2.73. The molecule has 7 nitrogen and oxygen atoms in total. The molecule has 1 aliphatic rings. The standard InChI is InChI=1S/C13H24N2O5S/c1-10(2)15(6-4-13(17)18)8-12(16)14(3)11-5-7-21(19,20)9-11/h10-11H,4-9H2,1-3H3,(H,17,18). The van der Waals surface area contributed by atoms with Crippen molar-refractivity contribution in [1.82, 2.24) is 9.80 Å². The zero-order valence-corrected chi connectivity index (χ0v) is 13.6. The molecule has 1 N–H and O–H groups in total. The highest BCUT2D eigenvalue weighted by molar-refractivity contribution is 7.91. The molecule has 0 saturated carbocycles. The van der Waals surface area contributed by atoms with Gasteiger partial charge in [-0.15, -0.1) is 0 Å². The van der Waals surface area contributed by atoms with Crippen LogP contribution in [0.5, 0.6) is 0 Å². The third kappa shape index (κ3) is 5.62. The van der Waals surface area contributed by atoms with Crippen LogP contribution in [0.1, 0.15) is 26.7 Å². The molecule has 0 aromatic heterocycles. The van der Waals surface area contributed by atoms with Crippen molar-refractivity contribution < 1.29 is 23.1 Å². The highest BCUT2D eigenvalue weighted by Crippen LogP contribution is 2.17. The number of carbonyl (C=O) groups is 2. The van der Waals surface area contributed by atoms with E-state index in [1.807, 2.05) is 13.8 Å². The molecule has 1 rings (SSSR count). The number of amides is 1. The van der Waals surface area contributed by atoms with Crippen LogP contribution in [-0.4, -0.2) is 78.9 Å². The lowest BCUT2D eigenvalue weighted by Gasteiger charge is -2.30. The lowest BCUT2D eigenvalue weighted by molar-refractivity contribution is -0.139. The Balaban J connectivity index is 2.58. The van der Waals surface area contributed by atoms with Crippen molar-refractivity contribution >= 4 is 21.7 Å². The summed E-state index contributed by atoms with van der Waals surface area (Å²) in [6, 6.07) is -0.218. The van der Waals surface area contributed by atoms with Crippen LogP contribution in [0.15, 0.2) is 0 Å². The number of aliphatic carboxylic acids is 1. The summed E-state index contributed by atoms with van der Waals surface area (Å²) in [6.45, 7) is 4.21. The summed E-state index contributed by atoms with van der Waals surface area (Å²) in [7, 11) is -1.41. The molecule has 1 saturated heterocycles. The molecule has 1 aliphatic heterocycles. The Morgan fingerprint density at radius 1 is 1.33 bits per heavy atom. The molecule has 1 heterocycles. The first-order valence-electron chi connectivity index (χ1n) is 7.04. The van der Waals surface area contributed by atoms with Crippen molar-refractivity contribution in [1.29, 1.82) is 0 Å². The van der Waals surface area contributed by atoms with Gasteiger partial charge in [-0.05, 0) is 20.3 Å². The number of rotatable bonds is 7. The summed E-state index contributed by atoms with van der Waals surface area (Å²) in [5.41, 5.74) is 0. The summed E-state index contributed by atoms with van der Waals surface area (Å²) in [4.78, 5) is 26.2. The predicted octanol–water partition coefficient (Wildman–Crippen LogP) is -0.183. The van der Waals surface area contributed by atoms with Crippen LogP contribution < -0.4 is 0 Å². The third-order valence-electron chi connectivity index (χ3n) is 3.83. The van der Waals surface area contributed by atoms with Gasteiger partial charge in [0.05, 0.1) is 24.5 Å². The van der Waals surface area contributed by atoms with Gasteiger partial charge >= 0.3 is 5.97 Å². The quantitative estimate of drug-likeness (QED) is 0.699. The van der Waals surface area contributed by atoms with Gasteiger partial charge in [-0.1, -0.05) is 0 Å². The Morgan fingerprint density at radius 3 is 2.38 bits per heavy atom. The molecule has 0 radical (unpaired) electrons. The first-order valence-corrected chi connectivity index (χ1v) is 8.86. The maximum absolute atomic E-state index is 12.2. The van der Waals surface area contributed by atoms with Gasteiger partial charge in [0.1, 0.15) is 0 Å². The minimum absolute atomic E-state index is 0.0199. The van der Waals surface area contributed by atoms with Crippen LogP contribution in [0.3, 0.4) is 0 Å². The van der Waals surface area contributed by atoms with Crippen molar-refractivity contribution in [2.45, 2.75) is 38.8 Å². The van der Waals surface area contributed by atoms with Gasteiger partial charge in [-0.2, -0.15) is 0 Å². The van der Waals surface area contributed by atoms with Crippen molar-refractivity contribution in [3.05, 3.63) is 0 Å². The molecule has 1 fully saturated rings. The second-order valence-electron chi connectivity index (χ2n) is 5.77. The molecule has 8 heteroatoms. The molecule has 1 atom stereocenters. The molecular weight excluding hydrogens is 296 g/mol. The zero-order valence-electron chi connectivity index (χ0n) is 12.8. The molecule has 0 spiro atoms. The molecule has 0 bridgehead atoms. The Kier molecular flexibility index (Phi) is 6.15. The number of hydrogen-bond donors (Lipinski definition) is 1. The van der Waals surface area contributed by atoms with E-state index in [1.54, 1.807) is 11.9 Å². The van der Waals surface area contributed by atoms with Gasteiger partial charge in [0.2, 0.25) is 5.91 Å². The number of carboxylic acid groups (broad SMARTS) is 1. The van der Waals surface area contributed by atoms with Gasteiger partial charge in [0, 0.05) is 25.7 Å². The Morgan fingerprint density at radius 2 is 1.95 bits per heavy atom. The predicted molar refractivity (Wildman–Crippen MR) is 78.8 cm³/mol. The molecule has 21 heavy (non-hydrogen) atoms. The van der Waals surface area contributed by atoms with E-state index >= 15 is 0 Å². The van der Waals surface area contributed by atoms with Gasteiger partial charge in [-0.3, -0.25) is 14.5 Å². The van der Waals surface area contributed by atoms with Crippen molar-refractivity contribution in [2.75, 3.05) is 31.6 Å². The smallest absolute Gasteiger partial charge is 0.304 e. The minimum atomic E-state index is -3.03. The van der Waals surface area contributed by atoms with E-state index in [9.17, 15) is 18.0 Å². The van der Waals surface area contributed by atoms with Crippen LogP contribution in [0.25, 0.3) is 0 Å². The van der Waals surface area contributed by atoms with E-state index in [0.717, 1.165) is 0 Å². The maximum atomic E-state index is 12.2. The molecule has 0 aromatic carbocycles. The Hall–Kier alpha value is -1.15. The van der Waals surface area contributed by atoms with E-state index in [-0.39, 0.29) is 42.5 Å². The van der Waals surface area contributed by atoms with Crippen LogP contribution in [0.2, 0.25) is 0 Å². The summed E-state index contributed by atoms with van der Waals surface area (Å²) in [5.74, 6) is -0.923. The fourth-order valence-corrected chi connectivity index (χ4v) is 4.10. The van der Waals surface area contributed by atoms with Crippen LogP contribution in [0, 0.1) is 0 Å². The molecule has 0 aromatic rings. The third-order valence-corrected chi connectivity index (χ3v) is 5.58. The summed E-state index contributed by atoms with van der Waals surface area (Å²) < 4.78 is 22.9. The number of sulfone groups is 1. The van der Waals surface area contributed by atoms with Crippen LogP contribution in [-0.2, 0) is 19.4 Å². The van der Waals surface area contributed by atoms with Gasteiger partial charge in [0.15, 0.2) is 9.84 Å². The topological polar surface area (TPSA) is 95.0 Å². The lowest BCUT2D eigenvalue weighted by Crippen LogP contribution is -2.46. The second-order valence-corrected chi connectivity index (χ2v) is 8.00. The zero-order chi connectivity index (χ0) is 16.2.